The lowest BCUT2D eigenvalue weighted by atomic mass is 10.0. The molecule has 0 spiro atoms. The summed E-state index contributed by atoms with van der Waals surface area (Å²) in [6.45, 7) is 6.16. The molecule has 0 amide bonds. The van der Waals surface area contributed by atoms with Crippen molar-refractivity contribution in [1.29, 1.82) is 0 Å². The van der Waals surface area contributed by atoms with Crippen LogP contribution in [0.15, 0.2) is 22.7 Å². The van der Waals surface area contributed by atoms with Crippen molar-refractivity contribution < 1.29 is 9.47 Å². The molecule has 0 saturated carbocycles. The summed E-state index contributed by atoms with van der Waals surface area (Å²) < 4.78 is 12.2. The second-order valence-corrected chi connectivity index (χ2v) is 6.05. The largest absolute Gasteiger partial charge is 0.497 e. The summed E-state index contributed by atoms with van der Waals surface area (Å²) in [6.07, 6.45) is 6.00. The number of unbranched alkanes of at least 4 members (excludes halogenated alkanes) is 1. The fourth-order valence-electron chi connectivity index (χ4n) is 2.20. The molecule has 20 heavy (non-hydrogen) atoms. The van der Waals surface area contributed by atoms with Gasteiger partial charge in [-0.2, -0.15) is 0 Å². The highest BCUT2D eigenvalue weighted by Gasteiger charge is 2.07. The molecule has 0 aliphatic rings. The van der Waals surface area contributed by atoms with E-state index in [2.05, 4.69) is 35.8 Å². The van der Waals surface area contributed by atoms with Crippen LogP contribution in [0.3, 0.4) is 0 Å². The molecular formula is C17H27BrO2. The van der Waals surface area contributed by atoms with Gasteiger partial charge in [0.15, 0.2) is 0 Å². The summed E-state index contributed by atoms with van der Waals surface area (Å²) in [5.74, 6) is 1.61. The predicted octanol–water partition coefficient (Wildman–Crippen LogP) is 5.23. The Morgan fingerprint density at radius 3 is 2.70 bits per heavy atom. The topological polar surface area (TPSA) is 18.5 Å². The van der Waals surface area contributed by atoms with Crippen LogP contribution in [0.2, 0.25) is 0 Å². The first-order valence-electron chi connectivity index (χ1n) is 7.61. The summed E-state index contributed by atoms with van der Waals surface area (Å²) >= 11 is 3.58. The second-order valence-electron chi connectivity index (χ2n) is 5.20. The van der Waals surface area contributed by atoms with Crippen molar-refractivity contribution in [3.05, 3.63) is 28.2 Å². The van der Waals surface area contributed by atoms with Crippen molar-refractivity contribution in [2.75, 3.05) is 20.3 Å². The van der Waals surface area contributed by atoms with E-state index in [0.29, 0.717) is 5.92 Å². The third-order valence-electron chi connectivity index (χ3n) is 3.67. The first-order valence-corrected chi connectivity index (χ1v) is 8.40. The molecule has 0 heterocycles. The zero-order chi connectivity index (χ0) is 14.8. The Morgan fingerprint density at radius 2 is 2.05 bits per heavy atom. The molecule has 114 valence electrons. The van der Waals surface area contributed by atoms with Crippen LogP contribution in [0, 0.1) is 5.92 Å². The van der Waals surface area contributed by atoms with Crippen molar-refractivity contribution in [3.8, 4) is 5.75 Å². The van der Waals surface area contributed by atoms with Crippen LogP contribution in [0.1, 0.15) is 45.1 Å². The minimum absolute atomic E-state index is 0.712. The molecule has 0 saturated heterocycles. The second kappa shape index (κ2) is 10.2. The molecule has 1 atom stereocenters. The van der Waals surface area contributed by atoms with E-state index in [1.54, 1.807) is 7.11 Å². The molecule has 0 fully saturated rings. The van der Waals surface area contributed by atoms with Gasteiger partial charge in [-0.1, -0.05) is 49.0 Å². The van der Waals surface area contributed by atoms with E-state index >= 15 is 0 Å². The maximum Gasteiger partial charge on any atom is 0.119 e. The van der Waals surface area contributed by atoms with E-state index in [9.17, 15) is 0 Å². The number of hydrogen-bond acceptors (Lipinski definition) is 2. The van der Waals surface area contributed by atoms with Crippen LogP contribution in [-0.2, 0) is 11.2 Å². The van der Waals surface area contributed by atoms with Crippen LogP contribution in [0.5, 0.6) is 5.75 Å². The minimum atomic E-state index is 0.712. The Labute approximate surface area is 132 Å². The average molecular weight is 343 g/mol. The molecule has 0 aromatic heterocycles. The number of methoxy groups -OCH3 is 1. The van der Waals surface area contributed by atoms with E-state index in [1.165, 1.54) is 31.2 Å². The highest BCUT2D eigenvalue weighted by atomic mass is 79.9. The van der Waals surface area contributed by atoms with Crippen LogP contribution < -0.4 is 4.74 Å². The third-order valence-corrected chi connectivity index (χ3v) is 4.44. The lowest BCUT2D eigenvalue weighted by molar-refractivity contribution is 0.0962. The quantitative estimate of drug-likeness (QED) is 0.541. The number of rotatable bonds is 10. The summed E-state index contributed by atoms with van der Waals surface area (Å²) in [5, 5.41) is 0. The molecule has 0 bridgehead atoms. The van der Waals surface area contributed by atoms with Gasteiger partial charge in [-0.05, 0) is 42.5 Å². The minimum Gasteiger partial charge on any atom is -0.497 e. The van der Waals surface area contributed by atoms with Gasteiger partial charge in [0.05, 0.1) is 13.7 Å². The molecule has 1 rings (SSSR count). The average Bonchev–Trinajstić information content (AvgIpc) is 2.48. The maximum absolute atomic E-state index is 5.85. The smallest absolute Gasteiger partial charge is 0.119 e. The fraction of sp³-hybridized carbons (Fsp3) is 0.647. The molecule has 3 heteroatoms. The summed E-state index contributed by atoms with van der Waals surface area (Å²) in [7, 11) is 1.70. The summed E-state index contributed by atoms with van der Waals surface area (Å²) in [5.41, 5.74) is 1.24. The van der Waals surface area contributed by atoms with Crippen LogP contribution in [0.4, 0.5) is 0 Å². The van der Waals surface area contributed by atoms with E-state index in [1.807, 2.05) is 12.1 Å². The van der Waals surface area contributed by atoms with Gasteiger partial charge in [-0.25, -0.2) is 0 Å². The van der Waals surface area contributed by atoms with Crippen LogP contribution in [-0.4, -0.2) is 20.3 Å². The summed E-state index contributed by atoms with van der Waals surface area (Å²) in [6, 6.07) is 6.07. The molecule has 2 nitrogen and oxygen atoms in total. The highest BCUT2D eigenvalue weighted by Crippen LogP contribution is 2.23. The molecule has 1 aromatic rings. The summed E-state index contributed by atoms with van der Waals surface area (Å²) in [4.78, 5) is 0. The van der Waals surface area contributed by atoms with Gasteiger partial charge in [0.25, 0.3) is 0 Å². The van der Waals surface area contributed by atoms with E-state index in [4.69, 9.17) is 9.47 Å². The zero-order valence-electron chi connectivity index (χ0n) is 13.0. The van der Waals surface area contributed by atoms with Crippen molar-refractivity contribution in [3.63, 3.8) is 0 Å². The Hall–Kier alpha value is -0.540. The van der Waals surface area contributed by atoms with Gasteiger partial charge < -0.3 is 9.47 Å². The molecule has 0 radical (unpaired) electrons. The fourth-order valence-corrected chi connectivity index (χ4v) is 2.64. The van der Waals surface area contributed by atoms with E-state index in [0.717, 1.165) is 29.9 Å². The first kappa shape index (κ1) is 17.5. The standard InChI is InChI=1S/C17H27BrO2/c1-4-6-7-14(5-2)13-20-11-10-15-12-16(19-3)8-9-17(15)18/h8-9,12,14H,4-7,10-11,13H2,1-3H3. The monoisotopic (exact) mass is 342 g/mol. The normalized spacial score (nSPS) is 12.4. The van der Waals surface area contributed by atoms with Gasteiger partial charge in [0.2, 0.25) is 0 Å². The number of hydrogen-bond donors (Lipinski definition) is 0. The van der Waals surface area contributed by atoms with Crippen molar-refractivity contribution >= 4 is 15.9 Å². The number of benzene rings is 1. The van der Waals surface area contributed by atoms with Gasteiger partial charge in [0, 0.05) is 11.1 Å². The zero-order valence-corrected chi connectivity index (χ0v) is 14.5. The molecule has 0 aliphatic heterocycles. The lowest BCUT2D eigenvalue weighted by Gasteiger charge is -2.15. The van der Waals surface area contributed by atoms with E-state index in [-0.39, 0.29) is 0 Å². The van der Waals surface area contributed by atoms with Gasteiger partial charge in [-0.15, -0.1) is 0 Å². The van der Waals surface area contributed by atoms with Gasteiger partial charge in [-0.3, -0.25) is 0 Å². The molecule has 1 aromatic carbocycles. The van der Waals surface area contributed by atoms with Crippen molar-refractivity contribution in [2.24, 2.45) is 5.92 Å². The SMILES string of the molecule is CCCCC(CC)COCCc1cc(OC)ccc1Br. The molecule has 0 aliphatic carbocycles. The first-order chi connectivity index (χ1) is 9.71. The van der Waals surface area contributed by atoms with Crippen molar-refractivity contribution in [1.82, 2.24) is 0 Å². The highest BCUT2D eigenvalue weighted by molar-refractivity contribution is 9.10. The van der Waals surface area contributed by atoms with Gasteiger partial charge in [0.1, 0.15) is 5.75 Å². The Kier molecular flexibility index (Phi) is 8.95. The molecular weight excluding hydrogens is 316 g/mol. The predicted molar refractivity (Wildman–Crippen MR) is 88.5 cm³/mol. The molecule has 0 N–H and O–H groups in total. The van der Waals surface area contributed by atoms with Crippen molar-refractivity contribution in [2.45, 2.75) is 46.0 Å². The Morgan fingerprint density at radius 1 is 1.25 bits per heavy atom. The third kappa shape index (κ3) is 6.27. The Balaban J connectivity index is 2.33. The Bertz CT molecular complexity index is 379. The number of halogens is 1. The van der Waals surface area contributed by atoms with E-state index < -0.39 is 0 Å². The maximum atomic E-state index is 5.85. The van der Waals surface area contributed by atoms with Crippen LogP contribution >= 0.6 is 15.9 Å². The van der Waals surface area contributed by atoms with Gasteiger partial charge >= 0.3 is 0 Å². The number of ether oxygens (including phenoxy) is 2. The van der Waals surface area contributed by atoms with Crippen LogP contribution in [0.25, 0.3) is 0 Å². The lowest BCUT2D eigenvalue weighted by Crippen LogP contribution is -2.10. The molecule has 1 unspecified atom stereocenters.